The number of halogens is 1. The van der Waals surface area contributed by atoms with E-state index in [1.807, 2.05) is 0 Å². The van der Waals surface area contributed by atoms with Crippen molar-refractivity contribution in [1.82, 2.24) is 0 Å². The standard InChI is InChI=1S/C14H14BrNO3/c15-10-6-7(14(18)19)4-5-11(10)16-13(17)12-8-2-1-3-9(8)12/h4-6,8-9,12H,1-3H2,(H,16,17)(H,18,19). The van der Waals surface area contributed by atoms with E-state index in [4.69, 9.17) is 5.11 Å². The Balaban J connectivity index is 1.70. The maximum Gasteiger partial charge on any atom is 0.335 e. The maximum absolute atomic E-state index is 12.1. The average molecular weight is 324 g/mol. The smallest absolute Gasteiger partial charge is 0.335 e. The molecule has 3 rings (SSSR count). The Labute approximate surface area is 119 Å². The first-order valence-electron chi connectivity index (χ1n) is 6.41. The lowest BCUT2D eigenvalue weighted by Crippen LogP contribution is -2.17. The lowest BCUT2D eigenvalue weighted by molar-refractivity contribution is -0.118. The van der Waals surface area contributed by atoms with Crippen LogP contribution >= 0.6 is 15.9 Å². The van der Waals surface area contributed by atoms with Crippen molar-refractivity contribution in [2.45, 2.75) is 19.3 Å². The fraction of sp³-hybridized carbons (Fsp3) is 0.429. The second kappa shape index (κ2) is 4.63. The first kappa shape index (κ1) is 12.7. The van der Waals surface area contributed by atoms with E-state index in [0.717, 1.165) is 0 Å². The van der Waals surface area contributed by atoms with Crippen LogP contribution in [0.4, 0.5) is 5.69 Å². The van der Waals surface area contributed by atoms with Crippen molar-refractivity contribution in [2.24, 2.45) is 17.8 Å². The minimum absolute atomic E-state index is 0.0680. The lowest BCUT2D eigenvalue weighted by Gasteiger charge is -2.09. The average Bonchev–Trinajstić information content (AvgIpc) is 2.85. The van der Waals surface area contributed by atoms with Crippen molar-refractivity contribution >= 4 is 33.5 Å². The number of carbonyl (C=O) groups excluding carboxylic acids is 1. The molecule has 0 bridgehead atoms. The van der Waals surface area contributed by atoms with Crippen molar-refractivity contribution in [2.75, 3.05) is 5.32 Å². The van der Waals surface area contributed by atoms with E-state index in [2.05, 4.69) is 21.2 Å². The van der Waals surface area contributed by atoms with Crippen LogP contribution in [0.5, 0.6) is 0 Å². The summed E-state index contributed by atoms with van der Waals surface area (Å²) in [5.41, 5.74) is 0.841. The van der Waals surface area contributed by atoms with Crippen molar-refractivity contribution < 1.29 is 14.7 Å². The van der Waals surface area contributed by atoms with Crippen LogP contribution in [-0.4, -0.2) is 17.0 Å². The Bertz CT molecular complexity index is 548. The maximum atomic E-state index is 12.1. The molecule has 2 unspecified atom stereocenters. The van der Waals surface area contributed by atoms with Crippen LogP contribution in [0.2, 0.25) is 0 Å². The SMILES string of the molecule is O=C(O)c1ccc(NC(=O)C2C3CCCC32)c(Br)c1. The Kier molecular flexibility index (Phi) is 3.09. The van der Waals surface area contributed by atoms with Crippen LogP contribution in [0, 0.1) is 17.8 Å². The van der Waals surface area contributed by atoms with Gasteiger partial charge in [0.05, 0.1) is 11.3 Å². The topological polar surface area (TPSA) is 66.4 Å². The predicted octanol–water partition coefficient (Wildman–Crippen LogP) is 3.13. The molecule has 2 aliphatic carbocycles. The number of aromatic carboxylic acids is 1. The monoisotopic (exact) mass is 323 g/mol. The molecule has 0 heterocycles. The molecular weight excluding hydrogens is 310 g/mol. The highest BCUT2D eigenvalue weighted by atomic mass is 79.9. The fourth-order valence-electron chi connectivity index (χ4n) is 3.18. The highest BCUT2D eigenvalue weighted by Gasteiger charge is 2.56. The summed E-state index contributed by atoms with van der Waals surface area (Å²) < 4.78 is 0.603. The number of carbonyl (C=O) groups is 2. The number of fused-ring (bicyclic) bond motifs is 1. The Hall–Kier alpha value is -1.36. The number of carboxylic acids is 1. The third kappa shape index (κ3) is 2.27. The van der Waals surface area contributed by atoms with Gasteiger partial charge in [-0.2, -0.15) is 0 Å². The molecule has 100 valence electrons. The van der Waals surface area contributed by atoms with Crippen molar-refractivity contribution in [1.29, 1.82) is 0 Å². The van der Waals surface area contributed by atoms with E-state index in [1.54, 1.807) is 6.07 Å². The van der Waals surface area contributed by atoms with E-state index in [0.29, 0.717) is 22.0 Å². The van der Waals surface area contributed by atoms with E-state index in [9.17, 15) is 9.59 Å². The number of anilines is 1. The molecule has 19 heavy (non-hydrogen) atoms. The largest absolute Gasteiger partial charge is 0.478 e. The molecular formula is C14H14BrNO3. The molecule has 2 saturated carbocycles. The van der Waals surface area contributed by atoms with Gasteiger partial charge in [0.2, 0.25) is 5.91 Å². The number of carboxylic acid groups (broad SMARTS) is 1. The van der Waals surface area contributed by atoms with Gasteiger partial charge in [-0.05, 0) is 58.8 Å². The molecule has 1 aromatic carbocycles. The highest BCUT2D eigenvalue weighted by Crippen LogP contribution is 2.57. The molecule has 4 nitrogen and oxygen atoms in total. The molecule has 2 fully saturated rings. The number of hydrogen-bond donors (Lipinski definition) is 2. The van der Waals surface area contributed by atoms with Crippen molar-refractivity contribution in [3.05, 3.63) is 28.2 Å². The Morgan fingerprint density at radius 1 is 1.26 bits per heavy atom. The minimum atomic E-state index is -0.977. The van der Waals surface area contributed by atoms with Gasteiger partial charge in [0.15, 0.2) is 0 Å². The van der Waals surface area contributed by atoms with Crippen LogP contribution in [0.15, 0.2) is 22.7 Å². The summed E-state index contributed by atoms with van der Waals surface area (Å²) in [7, 11) is 0. The van der Waals surface area contributed by atoms with Gasteiger partial charge >= 0.3 is 5.97 Å². The third-order valence-electron chi connectivity index (χ3n) is 4.18. The first-order chi connectivity index (χ1) is 9.08. The first-order valence-corrected chi connectivity index (χ1v) is 7.21. The molecule has 0 radical (unpaired) electrons. The quantitative estimate of drug-likeness (QED) is 0.898. The van der Waals surface area contributed by atoms with Gasteiger partial charge in [0, 0.05) is 10.4 Å². The molecule has 5 heteroatoms. The molecule has 2 atom stereocenters. The van der Waals surface area contributed by atoms with Crippen LogP contribution in [0.3, 0.4) is 0 Å². The van der Waals surface area contributed by atoms with E-state index in [-0.39, 0.29) is 17.4 Å². The predicted molar refractivity (Wildman–Crippen MR) is 74.1 cm³/mol. The highest BCUT2D eigenvalue weighted by molar-refractivity contribution is 9.10. The molecule has 1 amide bonds. The molecule has 0 saturated heterocycles. The normalized spacial score (nSPS) is 27.7. The van der Waals surface area contributed by atoms with E-state index >= 15 is 0 Å². The Morgan fingerprint density at radius 2 is 1.95 bits per heavy atom. The zero-order chi connectivity index (χ0) is 13.6. The Morgan fingerprint density at radius 3 is 2.53 bits per heavy atom. The summed E-state index contributed by atoms with van der Waals surface area (Å²) in [6, 6.07) is 4.63. The minimum Gasteiger partial charge on any atom is -0.478 e. The van der Waals surface area contributed by atoms with Gasteiger partial charge in [-0.1, -0.05) is 6.42 Å². The molecule has 0 aromatic heterocycles. The molecule has 2 aliphatic rings. The van der Waals surface area contributed by atoms with Crippen LogP contribution < -0.4 is 5.32 Å². The summed E-state index contributed by atoms with van der Waals surface area (Å²) >= 11 is 3.30. The zero-order valence-electron chi connectivity index (χ0n) is 10.2. The third-order valence-corrected chi connectivity index (χ3v) is 4.84. The van der Waals surface area contributed by atoms with Gasteiger partial charge in [0.1, 0.15) is 0 Å². The van der Waals surface area contributed by atoms with Gasteiger partial charge in [-0.25, -0.2) is 4.79 Å². The van der Waals surface area contributed by atoms with Crippen molar-refractivity contribution in [3.63, 3.8) is 0 Å². The van der Waals surface area contributed by atoms with Crippen LogP contribution in [0.1, 0.15) is 29.6 Å². The van der Waals surface area contributed by atoms with Gasteiger partial charge in [-0.3, -0.25) is 4.79 Å². The molecule has 1 aromatic rings. The molecule has 0 aliphatic heterocycles. The molecule has 0 spiro atoms. The number of benzene rings is 1. The second-order valence-corrected chi connectivity index (χ2v) is 6.13. The summed E-state index contributed by atoms with van der Waals surface area (Å²) in [5.74, 6) is 0.419. The number of amides is 1. The van der Waals surface area contributed by atoms with Crippen LogP contribution in [0.25, 0.3) is 0 Å². The number of rotatable bonds is 3. The summed E-state index contributed by atoms with van der Waals surface area (Å²) in [4.78, 5) is 22.9. The fourth-order valence-corrected chi connectivity index (χ4v) is 3.65. The van der Waals surface area contributed by atoms with Gasteiger partial charge in [0.25, 0.3) is 0 Å². The van der Waals surface area contributed by atoms with E-state index in [1.165, 1.54) is 31.4 Å². The molecule has 2 N–H and O–H groups in total. The summed E-state index contributed by atoms with van der Waals surface area (Å²) in [6.07, 6.45) is 3.58. The summed E-state index contributed by atoms with van der Waals surface area (Å²) in [6.45, 7) is 0. The summed E-state index contributed by atoms with van der Waals surface area (Å²) in [5, 5.41) is 11.8. The number of nitrogens with one attached hydrogen (secondary N) is 1. The van der Waals surface area contributed by atoms with Crippen molar-refractivity contribution in [3.8, 4) is 0 Å². The zero-order valence-corrected chi connectivity index (χ0v) is 11.8. The second-order valence-electron chi connectivity index (χ2n) is 5.27. The van der Waals surface area contributed by atoms with E-state index < -0.39 is 5.97 Å². The number of hydrogen-bond acceptors (Lipinski definition) is 2. The van der Waals surface area contributed by atoms with Gasteiger partial charge < -0.3 is 10.4 Å². The van der Waals surface area contributed by atoms with Gasteiger partial charge in [-0.15, -0.1) is 0 Å². The lowest BCUT2D eigenvalue weighted by atomic mass is 10.1. The van der Waals surface area contributed by atoms with Crippen LogP contribution in [-0.2, 0) is 4.79 Å².